The third kappa shape index (κ3) is 4.40. The van der Waals surface area contributed by atoms with Gasteiger partial charge >= 0.3 is 0 Å². The van der Waals surface area contributed by atoms with E-state index in [2.05, 4.69) is 22.2 Å². The molecular weight excluding hydrogens is 248 g/mol. The van der Waals surface area contributed by atoms with E-state index in [0.717, 1.165) is 0 Å². The second kappa shape index (κ2) is 5.82. The molecule has 5 heteroatoms. The van der Waals surface area contributed by atoms with Crippen LogP contribution >= 0.6 is 0 Å². The van der Waals surface area contributed by atoms with Crippen LogP contribution in [0.5, 0.6) is 0 Å². The lowest BCUT2D eigenvalue weighted by molar-refractivity contribution is 0.482. The van der Waals surface area contributed by atoms with Crippen LogP contribution in [0.15, 0.2) is 30.3 Å². The topological polar surface area (TPSA) is 58.2 Å². The fraction of sp³-hybridized carbons (Fsp3) is 0.538. The first-order valence-corrected chi connectivity index (χ1v) is 8.18. The average molecular weight is 268 g/mol. The Kier molecular flexibility index (Phi) is 4.37. The van der Waals surface area contributed by atoms with Crippen molar-refractivity contribution in [3.8, 4) is 0 Å². The molecule has 0 saturated heterocycles. The predicted molar refractivity (Wildman–Crippen MR) is 72.8 cm³/mol. The van der Waals surface area contributed by atoms with E-state index < -0.39 is 10.0 Å². The monoisotopic (exact) mass is 268 g/mol. The Morgan fingerprint density at radius 3 is 2.44 bits per heavy atom. The third-order valence-corrected chi connectivity index (χ3v) is 3.83. The zero-order valence-electron chi connectivity index (χ0n) is 10.6. The summed E-state index contributed by atoms with van der Waals surface area (Å²) in [5.41, 5.74) is 1.29. The summed E-state index contributed by atoms with van der Waals surface area (Å²) < 4.78 is 24.4. The highest BCUT2D eigenvalue weighted by Crippen LogP contribution is 2.40. The molecule has 1 aromatic rings. The number of benzene rings is 1. The summed E-state index contributed by atoms with van der Waals surface area (Å²) in [6.07, 6.45) is 3.70. The highest BCUT2D eigenvalue weighted by molar-refractivity contribution is 7.88. The van der Waals surface area contributed by atoms with Crippen molar-refractivity contribution in [3.05, 3.63) is 35.9 Å². The van der Waals surface area contributed by atoms with E-state index >= 15 is 0 Å². The molecule has 1 saturated carbocycles. The molecule has 0 heterocycles. The highest BCUT2D eigenvalue weighted by atomic mass is 32.2. The highest BCUT2D eigenvalue weighted by Gasteiger charge is 2.31. The quantitative estimate of drug-likeness (QED) is 0.732. The second-order valence-electron chi connectivity index (χ2n) is 4.85. The first-order valence-electron chi connectivity index (χ1n) is 6.29. The molecule has 0 spiro atoms. The van der Waals surface area contributed by atoms with Crippen LogP contribution in [0.4, 0.5) is 0 Å². The van der Waals surface area contributed by atoms with E-state index in [0.29, 0.717) is 25.0 Å². The molecule has 1 aliphatic rings. The van der Waals surface area contributed by atoms with Crippen LogP contribution in [0.3, 0.4) is 0 Å². The lowest BCUT2D eigenvalue weighted by atomic mass is 10.0. The van der Waals surface area contributed by atoms with Crippen molar-refractivity contribution in [1.82, 2.24) is 10.0 Å². The third-order valence-electron chi connectivity index (χ3n) is 3.11. The van der Waals surface area contributed by atoms with Gasteiger partial charge in [0, 0.05) is 19.1 Å². The van der Waals surface area contributed by atoms with Gasteiger partial charge < -0.3 is 5.32 Å². The molecule has 1 aliphatic carbocycles. The van der Waals surface area contributed by atoms with Gasteiger partial charge in [-0.1, -0.05) is 30.3 Å². The van der Waals surface area contributed by atoms with Crippen LogP contribution in [0.25, 0.3) is 0 Å². The van der Waals surface area contributed by atoms with Crippen LogP contribution in [0.1, 0.15) is 24.4 Å². The van der Waals surface area contributed by atoms with Crippen LogP contribution in [0.2, 0.25) is 0 Å². The Balaban J connectivity index is 1.85. The fourth-order valence-corrected chi connectivity index (χ4v) is 2.58. The molecule has 1 unspecified atom stereocenters. The number of nitrogens with one attached hydrogen (secondary N) is 2. The van der Waals surface area contributed by atoms with Gasteiger partial charge in [-0.2, -0.15) is 0 Å². The van der Waals surface area contributed by atoms with Crippen molar-refractivity contribution in [1.29, 1.82) is 0 Å². The minimum atomic E-state index is -3.08. The molecule has 0 bridgehead atoms. The number of hydrogen-bond acceptors (Lipinski definition) is 3. The lowest BCUT2D eigenvalue weighted by Gasteiger charge is -2.18. The molecule has 0 amide bonds. The van der Waals surface area contributed by atoms with E-state index in [-0.39, 0.29) is 0 Å². The van der Waals surface area contributed by atoms with Crippen LogP contribution in [0, 0.1) is 5.92 Å². The largest absolute Gasteiger partial charge is 0.308 e. The van der Waals surface area contributed by atoms with Crippen molar-refractivity contribution < 1.29 is 8.42 Å². The Morgan fingerprint density at radius 2 is 1.89 bits per heavy atom. The van der Waals surface area contributed by atoms with Gasteiger partial charge in [-0.05, 0) is 24.3 Å². The van der Waals surface area contributed by atoms with Gasteiger partial charge in [0.05, 0.1) is 6.26 Å². The molecule has 0 radical (unpaired) electrons. The van der Waals surface area contributed by atoms with Crippen LogP contribution in [-0.2, 0) is 10.0 Å². The summed E-state index contributed by atoms with van der Waals surface area (Å²) >= 11 is 0. The van der Waals surface area contributed by atoms with Gasteiger partial charge in [-0.3, -0.25) is 0 Å². The zero-order valence-corrected chi connectivity index (χ0v) is 11.4. The number of sulfonamides is 1. The van der Waals surface area contributed by atoms with Gasteiger partial charge in [0.2, 0.25) is 10.0 Å². The van der Waals surface area contributed by atoms with Gasteiger partial charge in [-0.15, -0.1) is 0 Å². The molecule has 4 nitrogen and oxygen atoms in total. The van der Waals surface area contributed by atoms with Crippen LogP contribution < -0.4 is 10.0 Å². The summed E-state index contributed by atoms with van der Waals surface area (Å²) in [6.45, 7) is 1.10. The summed E-state index contributed by atoms with van der Waals surface area (Å²) in [6, 6.07) is 10.7. The maximum atomic E-state index is 11.0. The molecule has 1 fully saturated rings. The van der Waals surface area contributed by atoms with Gasteiger partial charge in [0.15, 0.2) is 0 Å². The first kappa shape index (κ1) is 13.5. The zero-order chi connectivity index (χ0) is 13.0. The summed E-state index contributed by atoms with van der Waals surface area (Å²) in [5.74, 6) is 0.700. The van der Waals surface area contributed by atoms with E-state index in [1.165, 1.54) is 24.7 Å². The van der Waals surface area contributed by atoms with Crippen molar-refractivity contribution in [2.24, 2.45) is 5.92 Å². The van der Waals surface area contributed by atoms with E-state index in [1.54, 1.807) is 0 Å². The Hall–Kier alpha value is -0.910. The van der Waals surface area contributed by atoms with E-state index in [4.69, 9.17) is 0 Å². The van der Waals surface area contributed by atoms with E-state index in [1.807, 2.05) is 18.2 Å². The van der Waals surface area contributed by atoms with Gasteiger partial charge in [0.25, 0.3) is 0 Å². The summed E-state index contributed by atoms with van der Waals surface area (Å²) in [7, 11) is -3.08. The second-order valence-corrected chi connectivity index (χ2v) is 6.68. The summed E-state index contributed by atoms with van der Waals surface area (Å²) in [5, 5.41) is 3.44. The lowest BCUT2D eigenvalue weighted by Crippen LogP contribution is -2.33. The molecule has 0 aromatic heterocycles. The summed E-state index contributed by atoms with van der Waals surface area (Å²) in [4.78, 5) is 0. The maximum Gasteiger partial charge on any atom is 0.208 e. The Morgan fingerprint density at radius 1 is 1.22 bits per heavy atom. The molecule has 1 atom stereocenters. The fourth-order valence-electron chi connectivity index (χ4n) is 2.11. The van der Waals surface area contributed by atoms with Crippen molar-refractivity contribution in [3.63, 3.8) is 0 Å². The maximum absolute atomic E-state index is 11.0. The van der Waals surface area contributed by atoms with Gasteiger partial charge in [-0.25, -0.2) is 13.1 Å². The molecule has 0 aliphatic heterocycles. The normalized spacial score (nSPS) is 17.6. The molecule has 2 N–H and O–H groups in total. The smallest absolute Gasteiger partial charge is 0.208 e. The Bertz CT molecular complexity index is 469. The Labute approximate surface area is 109 Å². The predicted octanol–water partition coefficient (Wildman–Crippen LogP) is 1.28. The molecule has 1 aromatic carbocycles. The SMILES string of the molecule is CS(=O)(=O)NCCNC(c1ccccc1)C1CC1. The molecule has 18 heavy (non-hydrogen) atoms. The van der Waals surface area contributed by atoms with Crippen molar-refractivity contribution >= 4 is 10.0 Å². The van der Waals surface area contributed by atoms with Crippen molar-refractivity contribution in [2.45, 2.75) is 18.9 Å². The van der Waals surface area contributed by atoms with E-state index in [9.17, 15) is 8.42 Å². The van der Waals surface area contributed by atoms with Crippen molar-refractivity contribution in [2.75, 3.05) is 19.3 Å². The standard InChI is InChI=1S/C13H20N2O2S/c1-18(16,17)15-10-9-14-13(12-7-8-12)11-5-3-2-4-6-11/h2-6,12-15H,7-10H2,1H3. The molecule has 100 valence electrons. The van der Waals surface area contributed by atoms with Gasteiger partial charge in [0.1, 0.15) is 0 Å². The van der Waals surface area contributed by atoms with Crippen LogP contribution in [-0.4, -0.2) is 27.8 Å². The molecule has 2 rings (SSSR count). The minimum Gasteiger partial charge on any atom is -0.308 e. The average Bonchev–Trinajstić information content (AvgIpc) is 3.13. The number of rotatable bonds is 7. The molecular formula is C13H20N2O2S. The minimum absolute atomic E-state index is 0.354. The number of hydrogen-bond donors (Lipinski definition) is 2. The first-order chi connectivity index (χ1) is 8.56.